The van der Waals surface area contributed by atoms with Crippen LogP contribution in [0.25, 0.3) is 0 Å². The van der Waals surface area contributed by atoms with E-state index in [1.807, 2.05) is 19.2 Å². The lowest BCUT2D eigenvalue weighted by Gasteiger charge is -2.23. The van der Waals surface area contributed by atoms with Crippen molar-refractivity contribution in [3.8, 4) is 5.88 Å². The van der Waals surface area contributed by atoms with Crippen molar-refractivity contribution in [2.24, 2.45) is 5.92 Å². The molecule has 2 aliphatic rings. The zero-order chi connectivity index (χ0) is 16.8. The average molecular weight is 332 g/mol. The third-order valence-corrected chi connectivity index (χ3v) is 4.85. The van der Waals surface area contributed by atoms with Crippen LogP contribution >= 0.6 is 0 Å². The molecule has 0 atom stereocenters. The van der Waals surface area contributed by atoms with Gasteiger partial charge in [0.15, 0.2) is 0 Å². The van der Waals surface area contributed by atoms with Crippen LogP contribution in [0.2, 0.25) is 0 Å². The minimum Gasteiger partial charge on any atom is -0.477 e. The van der Waals surface area contributed by atoms with Crippen LogP contribution in [-0.4, -0.2) is 37.3 Å². The predicted molar refractivity (Wildman–Crippen MR) is 92.3 cm³/mol. The van der Waals surface area contributed by atoms with Gasteiger partial charge in [-0.25, -0.2) is 4.98 Å². The molecule has 1 N–H and O–H groups in total. The van der Waals surface area contributed by atoms with Crippen molar-refractivity contribution < 1.29 is 14.3 Å². The highest BCUT2D eigenvalue weighted by molar-refractivity contribution is 5.69. The second-order valence-corrected chi connectivity index (χ2v) is 6.77. The van der Waals surface area contributed by atoms with Gasteiger partial charge in [-0.3, -0.25) is 4.79 Å². The highest BCUT2D eigenvalue weighted by atomic mass is 16.5. The number of piperidine rings is 1. The maximum Gasteiger partial charge on any atom is 0.306 e. The van der Waals surface area contributed by atoms with Gasteiger partial charge in [0.25, 0.3) is 0 Å². The number of hydrogen-bond acceptors (Lipinski definition) is 5. The van der Waals surface area contributed by atoms with Gasteiger partial charge < -0.3 is 14.8 Å². The van der Waals surface area contributed by atoms with Gasteiger partial charge >= 0.3 is 5.97 Å². The molecule has 0 unspecified atom stereocenters. The van der Waals surface area contributed by atoms with Gasteiger partial charge in [0.1, 0.15) is 0 Å². The molecule has 24 heavy (non-hydrogen) atoms. The number of hydrogen-bond donors (Lipinski definition) is 1. The van der Waals surface area contributed by atoms with Gasteiger partial charge in [-0.2, -0.15) is 0 Å². The van der Waals surface area contributed by atoms with Gasteiger partial charge in [-0.05, 0) is 75.6 Å². The molecule has 1 aromatic rings. The fourth-order valence-electron chi connectivity index (χ4n) is 3.35. The van der Waals surface area contributed by atoms with Gasteiger partial charge in [0.05, 0.1) is 13.2 Å². The van der Waals surface area contributed by atoms with E-state index in [9.17, 15) is 4.79 Å². The minimum absolute atomic E-state index is 0.131. The van der Waals surface area contributed by atoms with Gasteiger partial charge in [0, 0.05) is 18.2 Å². The smallest absolute Gasteiger partial charge is 0.306 e. The molecule has 2 heterocycles. The summed E-state index contributed by atoms with van der Waals surface area (Å²) in [4.78, 5) is 16.1. The molecule has 1 aromatic heterocycles. The third kappa shape index (κ3) is 4.69. The van der Waals surface area contributed by atoms with Crippen molar-refractivity contribution in [3.63, 3.8) is 0 Å². The first-order valence-electron chi connectivity index (χ1n) is 9.24. The molecule has 0 bridgehead atoms. The van der Waals surface area contributed by atoms with E-state index in [1.165, 1.54) is 36.8 Å². The van der Waals surface area contributed by atoms with E-state index in [-0.39, 0.29) is 5.97 Å². The third-order valence-electron chi connectivity index (χ3n) is 4.85. The Morgan fingerprint density at radius 2 is 2.08 bits per heavy atom. The van der Waals surface area contributed by atoms with Crippen molar-refractivity contribution in [1.29, 1.82) is 0 Å². The van der Waals surface area contributed by atoms with Crippen molar-refractivity contribution in [1.82, 2.24) is 10.3 Å². The molecule has 0 aromatic carbocycles. The molecular weight excluding hydrogens is 304 g/mol. The Bertz CT molecular complexity index is 552. The van der Waals surface area contributed by atoms with E-state index in [4.69, 9.17) is 9.47 Å². The summed E-state index contributed by atoms with van der Waals surface area (Å²) < 4.78 is 11.2. The fourth-order valence-corrected chi connectivity index (χ4v) is 3.35. The standard InChI is InChI=1S/C19H28N2O3/c1-2-23-17(22)6-5-16-9-12-21-19(18(16)15-3-4-15)24-13-14-7-10-20-11-8-14/h9,12,14-15,20H,2-8,10-11,13H2,1H3. The highest BCUT2D eigenvalue weighted by Gasteiger charge is 2.30. The molecule has 3 rings (SSSR count). The van der Waals surface area contributed by atoms with Crippen molar-refractivity contribution in [2.75, 3.05) is 26.3 Å². The summed E-state index contributed by atoms with van der Waals surface area (Å²) in [6.45, 7) is 5.19. The van der Waals surface area contributed by atoms with Crippen LogP contribution < -0.4 is 10.1 Å². The lowest BCUT2D eigenvalue weighted by molar-refractivity contribution is -0.143. The summed E-state index contributed by atoms with van der Waals surface area (Å²) in [6.07, 6.45) is 7.67. The summed E-state index contributed by atoms with van der Waals surface area (Å²) in [6, 6.07) is 2.03. The number of aryl methyl sites for hydroxylation is 1. The number of rotatable bonds is 8. The maximum atomic E-state index is 11.7. The predicted octanol–water partition coefficient (Wildman–Crippen LogP) is 2.83. The van der Waals surface area contributed by atoms with Crippen LogP contribution in [0.15, 0.2) is 12.3 Å². The first-order chi connectivity index (χ1) is 11.8. The molecule has 0 radical (unpaired) electrons. The summed E-state index contributed by atoms with van der Waals surface area (Å²) in [5.41, 5.74) is 2.43. The SMILES string of the molecule is CCOC(=O)CCc1ccnc(OCC2CCNCC2)c1C1CC1. The Labute approximate surface area is 144 Å². The van der Waals surface area contributed by atoms with Crippen LogP contribution in [0, 0.1) is 5.92 Å². The topological polar surface area (TPSA) is 60.5 Å². The summed E-state index contributed by atoms with van der Waals surface area (Å²) in [5, 5.41) is 3.38. The van der Waals surface area contributed by atoms with Crippen LogP contribution in [0.1, 0.15) is 56.1 Å². The number of carbonyl (C=O) groups is 1. The number of aromatic nitrogens is 1. The van der Waals surface area contributed by atoms with Crippen molar-refractivity contribution >= 4 is 5.97 Å². The molecule has 1 aliphatic heterocycles. The molecule has 132 valence electrons. The van der Waals surface area contributed by atoms with E-state index < -0.39 is 0 Å². The molecule has 5 nitrogen and oxygen atoms in total. The van der Waals surface area contributed by atoms with E-state index in [0.717, 1.165) is 25.6 Å². The Kier molecular flexibility index (Phi) is 6.07. The molecule has 2 fully saturated rings. The summed E-state index contributed by atoms with van der Waals surface area (Å²) in [7, 11) is 0. The quantitative estimate of drug-likeness (QED) is 0.742. The van der Waals surface area contributed by atoms with Crippen molar-refractivity contribution in [3.05, 3.63) is 23.4 Å². The number of nitrogens with zero attached hydrogens (tertiary/aromatic N) is 1. The van der Waals surface area contributed by atoms with Crippen molar-refractivity contribution in [2.45, 2.75) is 51.4 Å². The fraction of sp³-hybridized carbons (Fsp3) is 0.684. The average Bonchev–Trinajstić information content (AvgIpc) is 3.44. The lowest BCUT2D eigenvalue weighted by atomic mass is 9.99. The zero-order valence-corrected chi connectivity index (χ0v) is 14.6. The monoisotopic (exact) mass is 332 g/mol. The lowest BCUT2D eigenvalue weighted by Crippen LogP contribution is -2.30. The summed E-state index contributed by atoms with van der Waals surface area (Å²) >= 11 is 0. The molecule has 5 heteroatoms. The second kappa shape index (κ2) is 8.47. The number of pyridine rings is 1. The van der Waals surface area contributed by atoms with E-state index >= 15 is 0 Å². The molecular formula is C19H28N2O3. The molecule has 0 amide bonds. The van der Waals surface area contributed by atoms with Crippen LogP contribution in [0.4, 0.5) is 0 Å². The number of ether oxygens (including phenoxy) is 2. The van der Waals surface area contributed by atoms with E-state index in [1.54, 1.807) is 0 Å². The molecule has 1 aliphatic carbocycles. The Hall–Kier alpha value is -1.62. The first-order valence-corrected chi connectivity index (χ1v) is 9.24. The number of carbonyl (C=O) groups excluding carboxylic acids is 1. The number of esters is 1. The Balaban J connectivity index is 1.64. The van der Waals surface area contributed by atoms with Gasteiger partial charge in [0.2, 0.25) is 5.88 Å². The Morgan fingerprint density at radius 3 is 2.79 bits per heavy atom. The molecule has 0 spiro atoms. The van der Waals surface area contributed by atoms with Crippen LogP contribution in [-0.2, 0) is 16.0 Å². The van der Waals surface area contributed by atoms with Crippen LogP contribution in [0.5, 0.6) is 5.88 Å². The zero-order valence-electron chi connectivity index (χ0n) is 14.6. The molecule has 1 saturated carbocycles. The van der Waals surface area contributed by atoms with Crippen LogP contribution in [0.3, 0.4) is 0 Å². The van der Waals surface area contributed by atoms with E-state index in [0.29, 0.717) is 31.3 Å². The van der Waals surface area contributed by atoms with E-state index in [2.05, 4.69) is 10.3 Å². The van der Waals surface area contributed by atoms with Gasteiger partial charge in [-0.15, -0.1) is 0 Å². The number of nitrogens with one attached hydrogen (secondary N) is 1. The largest absolute Gasteiger partial charge is 0.477 e. The Morgan fingerprint density at radius 1 is 1.29 bits per heavy atom. The normalized spacial score (nSPS) is 18.4. The summed E-state index contributed by atoms with van der Waals surface area (Å²) in [5.74, 6) is 1.83. The first kappa shape index (κ1) is 17.2. The highest BCUT2D eigenvalue weighted by Crippen LogP contribution is 2.45. The minimum atomic E-state index is -0.131. The second-order valence-electron chi connectivity index (χ2n) is 6.77. The van der Waals surface area contributed by atoms with Gasteiger partial charge in [-0.1, -0.05) is 0 Å². The molecule has 1 saturated heterocycles. The maximum absolute atomic E-state index is 11.7.